The fraction of sp³-hybridized carbons (Fsp3) is 0.833. The van der Waals surface area contributed by atoms with E-state index in [1.165, 1.54) is 19.3 Å². The van der Waals surface area contributed by atoms with Crippen molar-refractivity contribution >= 4 is 5.97 Å². The average molecular weight is 276 g/mol. The number of rotatable bonds is 3. The van der Waals surface area contributed by atoms with Gasteiger partial charge < -0.3 is 4.74 Å². The minimum atomic E-state index is 0.0894. The van der Waals surface area contributed by atoms with E-state index in [9.17, 15) is 4.79 Å². The Hall–Kier alpha value is -0.790. The number of esters is 1. The summed E-state index contributed by atoms with van der Waals surface area (Å²) in [6, 6.07) is 0. The maximum Gasteiger partial charge on any atom is 0.309 e. The molecule has 0 aliphatic heterocycles. The predicted molar refractivity (Wildman–Crippen MR) is 80.1 cm³/mol. The molecule has 3 aliphatic carbocycles. The molecule has 0 N–H and O–H groups in total. The van der Waals surface area contributed by atoms with Gasteiger partial charge in [0, 0.05) is 0 Å². The number of carbonyl (C=O) groups excluding carboxylic acids is 1. The van der Waals surface area contributed by atoms with Crippen molar-refractivity contribution in [2.45, 2.75) is 59.0 Å². The number of fused-ring (bicyclic) bond motifs is 2. The molecule has 0 radical (unpaired) electrons. The van der Waals surface area contributed by atoms with Crippen molar-refractivity contribution in [3.05, 3.63) is 12.2 Å². The molecule has 0 saturated heterocycles. The standard InChI is InChI=1S/C18H28O2/c1-11(2)15-7-4-12(3)8-17(15)20-18(19)16-10-13-5-6-14(16)9-13/h5-6,11-17H,4,7-10H2,1-3H3/t12-,13-,14+,15+,16-,17-/m1/s1. The average Bonchev–Trinajstić information content (AvgIpc) is 3.00. The third-order valence-corrected chi connectivity index (χ3v) is 5.81. The molecule has 0 aromatic carbocycles. The molecule has 2 saturated carbocycles. The second-order valence-electron chi connectivity index (χ2n) is 7.69. The van der Waals surface area contributed by atoms with Gasteiger partial charge in [-0.25, -0.2) is 0 Å². The van der Waals surface area contributed by atoms with Gasteiger partial charge >= 0.3 is 5.97 Å². The molecule has 6 atom stereocenters. The van der Waals surface area contributed by atoms with Crippen molar-refractivity contribution in [1.29, 1.82) is 0 Å². The van der Waals surface area contributed by atoms with Gasteiger partial charge in [-0.1, -0.05) is 39.3 Å². The summed E-state index contributed by atoms with van der Waals surface area (Å²) < 4.78 is 6.00. The number of allylic oxidation sites excluding steroid dienone is 2. The monoisotopic (exact) mass is 276 g/mol. The van der Waals surface area contributed by atoms with Crippen molar-refractivity contribution in [2.75, 3.05) is 0 Å². The first kappa shape index (κ1) is 14.2. The van der Waals surface area contributed by atoms with Crippen molar-refractivity contribution in [3.63, 3.8) is 0 Å². The minimum absolute atomic E-state index is 0.0894. The topological polar surface area (TPSA) is 26.3 Å². The summed E-state index contributed by atoms with van der Waals surface area (Å²) in [5.74, 6) is 3.21. The molecule has 20 heavy (non-hydrogen) atoms. The van der Waals surface area contributed by atoms with Crippen molar-refractivity contribution in [1.82, 2.24) is 0 Å². The molecule has 0 aromatic heterocycles. The van der Waals surface area contributed by atoms with Crippen LogP contribution in [0, 0.1) is 35.5 Å². The quantitative estimate of drug-likeness (QED) is 0.570. The van der Waals surface area contributed by atoms with Crippen LogP contribution < -0.4 is 0 Å². The molecule has 112 valence electrons. The Morgan fingerprint density at radius 2 is 1.95 bits per heavy atom. The zero-order valence-electron chi connectivity index (χ0n) is 13.0. The lowest BCUT2D eigenvalue weighted by molar-refractivity contribution is -0.161. The molecule has 0 heterocycles. The molecule has 0 aromatic rings. The third-order valence-electron chi connectivity index (χ3n) is 5.81. The Bertz CT molecular complexity index is 398. The van der Waals surface area contributed by atoms with Gasteiger partial charge in [-0.3, -0.25) is 4.79 Å². The van der Waals surface area contributed by atoms with Gasteiger partial charge in [0.25, 0.3) is 0 Å². The lowest BCUT2D eigenvalue weighted by atomic mass is 9.75. The van der Waals surface area contributed by atoms with Gasteiger partial charge in [0.05, 0.1) is 5.92 Å². The van der Waals surface area contributed by atoms with Crippen LogP contribution in [0.4, 0.5) is 0 Å². The van der Waals surface area contributed by atoms with E-state index in [1.807, 2.05) is 0 Å². The van der Waals surface area contributed by atoms with Crippen LogP contribution in [0.15, 0.2) is 12.2 Å². The van der Waals surface area contributed by atoms with Crippen LogP contribution in [0.1, 0.15) is 52.9 Å². The smallest absolute Gasteiger partial charge is 0.309 e. The second kappa shape index (κ2) is 5.54. The van der Waals surface area contributed by atoms with E-state index < -0.39 is 0 Å². The summed E-state index contributed by atoms with van der Waals surface area (Å²) >= 11 is 0. The first-order valence-electron chi connectivity index (χ1n) is 8.43. The maximum atomic E-state index is 12.5. The Morgan fingerprint density at radius 3 is 2.55 bits per heavy atom. The molecule has 0 spiro atoms. The summed E-state index contributed by atoms with van der Waals surface area (Å²) in [4.78, 5) is 12.5. The number of carbonyl (C=O) groups is 1. The third kappa shape index (κ3) is 2.66. The minimum Gasteiger partial charge on any atom is -0.462 e. The highest BCUT2D eigenvalue weighted by Gasteiger charge is 2.42. The Labute approximate surface area is 123 Å². The normalized spacial score (nSPS) is 43.2. The van der Waals surface area contributed by atoms with E-state index in [-0.39, 0.29) is 18.0 Å². The first-order valence-corrected chi connectivity index (χ1v) is 8.43. The van der Waals surface area contributed by atoms with Crippen LogP contribution in [0.5, 0.6) is 0 Å². The van der Waals surface area contributed by atoms with E-state index in [1.54, 1.807) is 0 Å². The summed E-state index contributed by atoms with van der Waals surface area (Å²) in [5.41, 5.74) is 0. The molecular formula is C18H28O2. The highest BCUT2D eigenvalue weighted by molar-refractivity contribution is 5.74. The number of hydrogen-bond donors (Lipinski definition) is 0. The summed E-state index contributed by atoms with van der Waals surface area (Å²) in [5, 5.41) is 0. The van der Waals surface area contributed by atoms with Crippen molar-refractivity contribution in [2.24, 2.45) is 35.5 Å². The fourth-order valence-corrected chi connectivity index (χ4v) is 4.54. The Balaban J connectivity index is 1.63. The van der Waals surface area contributed by atoms with Gasteiger partial charge in [-0.05, 0) is 55.3 Å². The van der Waals surface area contributed by atoms with Gasteiger partial charge in [-0.2, -0.15) is 0 Å². The lowest BCUT2D eigenvalue weighted by Gasteiger charge is -2.37. The number of hydrogen-bond acceptors (Lipinski definition) is 2. The van der Waals surface area contributed by atoms with Crippen LogP contribution >= 0.6 is 0 Å². The van der Waals surface area contributed by atoms with Crippen LogP contribution in [0.3, 0.4) is 0 Å². The van der Waals surface area contributed by atoms with E-state index in [0.29, 0.717) is 29.6 Å². The Morgan fingerprint density at radius 1 is 1.15 bits per heavy atom. The largest absolute Gasteiger partial charge is 0.462 e. The van der Waals surface area contributed by atoms with Gasteiger partial charge in [0.1, 0.15) is 6.10 Å². The van der Waals surface area contributed by atoms with E-state index >= 15 is 0 Å². The van der Waals surface area contributed by atoms with Gasteiger partial charge in [-0.15, -0.1) is 0 Å². The Kier molecular flexibility index (Phi) is 3.92. The summed E-state index contributed by atoms with van der Waals surface area (Å²) in [6.45, 7) is 6.82. The molecule has 0 unspecified atom stereocenters. The number of ether oxygens (including phenoxy) is 1. The highest BCUT2D eigenvalue weighted by atomic mass is 16.5. The molecule has 3 rings (SSSR count). The summed E-state index contributed by atoms with van der Waals surface area (Å²) in [7, 11) is 0. The molecule has 2 nitrogen and oxygen atoms in total. The SMILES string of the molecule is CC(C)[C@@H]1CC[C@@H](C)C[C@H]1OC(=O)[C@@H]1C[C@@H]2C=C[C@H]1C2. The predicted octanol–water partition coefficient (Wildman–Crippen LogP) is 4.20. The molecule has 0 amide bonds. The zero-order chi connectivity index (χ0) is 14.3. The van der Waals surface area contributed by atoms with Crippen LogP contribution in [-0.4, -0.2) is 12.1 Å². The van der Waals surface area contributed by atoms with E-state index in [0.717, 1.165) is 12.8 Å². The van der Waals surface area contributed by atoms with Crippen molar-refractivity contribution < 1.29 is 9.53 Å². The molecule has 3 aliphatic rings. The van der Waals surface area contributed by atoms with Gasteiger partial charge in [0.2, 0.25) is 0 Å². The zero-order valence-corrected chi connectivity index (χ0v) is 13.0. The van der Waals surface area contributed by atoms with Crippen LogP contribution in [0.2, 0.25) is 0 Å². The summed E-state index contributed by atoms with van der Waals surface area (Å²) in [6.07, 6.45) is 10.4. The molecular weight excluding hydrogens is 248 g/mol. The van der Waals surface area contributed by atoms with Gasteiger partial charge in [0.15, 0.2) is 0 Å². The van der Waals surface area contributed by atoms with Crippen molar-refractivity contribution in [3.8, 4) is 0 Å². The van der Waals surface area contributed by atoms with E-state index in [2.05, 4.69) is 32.9 Å². The second-order valence-corrected chi connectivity index (χ2v) is 7.69. The molecule has 2 fully saturated rings. The molecule has 2 heteroatoms. The van der Waals surface area contributed by atoms with Crippen LogP contribution in [0.25, 0.3) is 0 Å². The van der Waals surface area contributed by atoms with Crippen LogP contribution in [-0.2, 0) is 9.53 Å². The fourth-order valence-electron chi connectivity index (χ4n) is 4.54. The van der Waals surface area contributed by atoms with E-state index in [4.69, 9.17) is 4.74 Å². The lowest BCUT2D eigenvalue weighted by Crippen LogP contribution is -2.37. The maximum absolute atomic E-state index is 12.5. The first-order chi connectivity index (χ1) is 9.54. The highest BCUT2D eigenvalue weighted by Crippen LogP contribution is 2.45. The molecule has 2 bridgehead atoms.